The first-order chi connectivity index (χ1) is 12.0. The summed E-state index contributed by atoms with van der Waals surface area (Å²) in [7, 11) is 0. The van der Waals surface area contributed by atoms with Crippen molar-refractivity contribution in [3.63, 3.8) is 0 Å². The number of aliphatic hydroxyl groups excluding tert-OH is 1. The van der Waals surface area contributed by atoms with Crippen LogP contribution in [0.2, 0.25) is 0 Å². The molecule has 0 fully saturated rings. The molecule has 7 heteroatoms. The summed E-state index contributed by atoms with van der Waals surface area (Å²) in [5.74, 6) is -1.33. The zero-order valence-electron chi connectivity index (χ0n) is 13.8. The van der Waals surface area contributed by atoms with Gasteiger partial charge < -0.3 is 20.3 Å². The largest absolute Gasteiger partial charge is 0.478 e. The molecule has 0 aliphatic carbocycles. The number of hydrogen-bond donors (Lipinski definition) is 3. The second-order valence-electron chi connectivity index (χ2n) is 5.34. The van der Waals surface area contributed by atoms with Crippen LogP contribution in [0, 0.1) is 0 Å². The lowest BCUT2D eigenvalue weighted by atomic mass is 10.1. The van der Waals surface area contributed by atoms with Crippen molar-refractivity contribution >= 4 is 11.9 Å². The van der Waals surface area contributed by atoms with Gasteiger partial charge in [-0.25, -0.2) is 4.79 Å². The van der Waals surface area contributed by atoms with Crippen molar-refractivity contribution in [2.45, 2.75) is 13.0 Å². The number of carbonyl (C=O) groups is 2. The Labute approximate surface area is 145 Å². The van der Waals surface area contributed by atoms with Crippen molar-refractivity contribution < 1.29 is 24.5 Å². The van der Waals surface area contributed by atoms with Crippen molar-refractivity contribution in [1.29, 1.82) is 0 Å². The van der Waals surface area contributed by atoms with E-state index in [-0.39, 0.29) is 24.6 Å². The summed E-state index contributed by atoms with van der Waals surface area (Å²) in [5, 5.41) is 21.1. The summed E-state index contributed by atoms with van der Waals surface area (Å²) in [6, 6.07) is 9.84. The van der Waals surface area contributed by atoms with Crippen LogP contribution in [0.3, 0.4) is 0 Å². The highest BCUT2D eigenvalue weighted by Gasteiger charge is 2.10. The van der Waals surface area contributed by atoms with E-state index in [1.165, 1.54) is 12.3 Å². The molecule has 0 saturated carbocycles. The molecule has 3 N–H and O–H groups in total. The first-order valence-electron chi connectivity index (χ1n) is 7.85. The zero-order valence-corrected chi connectivity index (χ0v) is 13.8. The van der Waals surface area contributed by atoms with Crippen molar-refractivity contribution in [1.82, 2.24) is 10.3 Å². The van der Waals surface area contributed by atoms with Crippen LogP contribution in [0.4, 0.5) is 0 Å². The second kappa shape index (κ2) is 8.91. The number of pyridine rings is 1. The van der Waals surface area contributed by atoms with E-state index >= 15 is 0 Å². The molecule has 25 heavy (non-hydrogen) atoms. The summed E-state index contributed by atoms with van der Waals surface area (Å²) in [4.78, 5) is 27.0. The number of aromatic carboxylic acids is 1. The third-order valence-corrected chi connectivity index (χ3v) is 3.47. The molecule has 1 aromatic carbocycles. The maximum absolute atomic E-state index is 12.0. The van der Waals surface area contributed by atoms with E-state index in [4.69, 9.17) is 9.84 Å². The second-order valence-corrected chi connectivity index (χ2v) is 5.34. The lowest BCUT2D eigenvalue weighted by Crippen LogP contribution is -2.34. The SMILES string of the molecule is CCOCC(O)CNC(=O)c1ccc(-c2ccc(C(=O)O)cn2)cc1. The van der Waals surface area contributed by atoms with Gasteiger partial charge in [-0.15, -0.1) is 0 Å². The highest BCUT2D eigenvalue weighted by Crippen LogP contribution is 2.18. The number of ether oxygens (including phenoxy) is 1. The summed E-state index contributed by atoms with van der Waals surface area (Å²) in [6.45, 7) is 2.62. The normalized spacial score (nSPS) is 11.8. The Balaban J connectivity index is 1.96. The van der Waals surface area contributed by atoms with Gasteiger partial charge >= 0.3 is 5.97 Å². The van der Waals surface area contributed by atoms with Crippen LogP contribution in [0.25, 0.3) is 11.3 Å². The topological polar surface area (TPSA) is 109 Å². The summed E-state index contributed by atoms with van der Waals surface area (Å²) >= 11 is 0. The number of nitrogens with zero attached hydrogens (tertiary/aromatic N) is 1. The third kappa shape index (κ3) is 5.37. The van der Waals surface area contributed by atoms with Crippen molar-refractivity contribution in [2.75, 3.05) is 19.8 Å². The molecule has 0 spiro atoms. The first-order valence-corrected chi connectivity index (χ1v) is 7.85. The molecular weight excluding hydrogens is 324 g/mol. The molecule has 0 aliphatic rings. The van der Waals surface area contributed by atoms with Gasteiger partial charge in [-0.3, -0.25) is 9.78 Å². The van der Waals surface area contributed by atoms with E-state index in [0.717, 1.165) is 5.56 Å². The van der Waals surface area contributed by atoms with Crippen LogP contribution in [0.5, 0.6) is 0 Å². The Bertz CT molecular complexity index is 713. The van der Waals surface area contributed by atoms with Gasteiger partial charge in [0.15, 0.2) is 0 Å². The molecule has 1 heterocycles. The van der Waals surface area contributed by atoms with Gasteiger partial charge in [0.05, 0.1) is 24.0 Å². The van der Waals surface area contributed by atoms with Gasteiger partial charge in [0.2, 0.25) is 0 Å². The fourth-order valence-corrected chi connectivity index (χ4v) is 2.11. The van der Waals surface area contributed by atoms with E-state index in [9.17, 15) is 14.7 Å². The highest BCUT2D eigenvalue weighted by atomic mass is 16.5. The highest BCUT2D eigenvalue weighted by molar-refractivity contribution is 5.94. The number of carboxylic acids is 1. The van der Waals surface area contributed by atoms with E-state index in [1.807, 2.05) is 6.92 Å². The fraction of sp³-hybridized carbons (Fsp3) is 0.278. The maximum Gasteiger partial charge on any atom is 0.337 e. The van der Waals surface area contributed by atoms with Crippen LogP contribution < -0.4 is 5.32 Å². The molecule has 1 aromatic heterocycles. The molecule has 2 aromatic rings. The van der Waals surface area contributed by atoms with Crippen molar-refractivity contribution in [3.05, 3.63) is 53.7 Å². The Morgan fingerprint density at radius 3 is 2.40 bits per heavy atom. The monoisotopic (exact) mass is 344 g/mol. The Hall–Kier alpha value is -2.77. The van der Waals surface area contributed by atoms with Crippen molar-refractivity contribution in [2.24, 2.45) is 0 Å². The fourth-order valence-electron chi connectivity index (χ4n) is 2.11. The van der Waals surface area contributed by atoms with Crippen LogP contribution >= 0.6 is 0 Å². The number of aliphatic hydroxyl groups is 1. The number of carbonyl (C=O) groups excluding carboxylic acids is 1. The minimum absolute atomic E-state index is 0.110. The lowest BCUT2D eigenvalue weighted by molar-refractivity contribution is 0.0418. The molecule has 0 aliphatic heterocycles. The average molecular weight is 344 g/mol. The van der Waals surface area contributed by atoms with E-state index in [2.05, 4.69) is 10.3 Å². The summed E-state index contributed by atoms with van der Waals surface area (Å²) in [6.07, 6.45) is 0.540. The smallest absolute Gasteiger partial charge is 0.337 e. The standard InChI is InChI=1S/C18H20N2O5/c1-2-25-11-15(21)10-20-17(22)13-5-3-12(4-6-13)16-8-7-14(9-19-16)18(23)24/h3-9,15,21H,2,10-11H2,1H3,(H,20,22)(H,23,24). The Morgan fingerprint density at radius 2 is 1.84 bits per heavy atom. The van der Waals surface area contributed by atoms with Crippen molar-refractivity contribution in [3.8, 4) is 11.3 Å². The van der Waals surface area contributed by atoms with E-state index in [0.29, 0.717) is 17.9 Å². The molecule has 7 nitrogen and oxygen atoms in total. The molecule has 1 amide bonds. The van der Waals surface area contributed by atoms with Crippen LogP contribution in [0.1, 0.15) is 27.6 Å². The van der Waals surface area contributed by atoms with Crippen LogP contribution in [-0.2, 0) is 4.74 Å². The van der Waals surface area contributed by atoms with E-state index in [1.54, 1.807) is 30.3 Å². The average Bonchev–Trinajstić information content (AvgIpc) is 2.64. The zero-order chi connectivity index (χ0) is 18.2. The van der Waals surface area contributed by atoms with Gasteiger partial charge in [-0.1, -0.05) is 12.1 Å². The molecule has 1 unspecified atom stereocenters. The lowest BCUT2D eigenvalue weighted by Gasteiger charge is -2.12. The molecule has 0 bridgehead atoms. The number of benzene rings is 1. The maximum atomic E-state index is 12.0. The minimum atomic E-state index is -1.03. The third-order valence-electron chi connectivity index (χ3n) is 3.47. The number of rotatable bonds is 8. The number of amides is 1. The van der Waals surface area contributed by atoms with Gasteiger partial charge in [-0.05, 0) is 31.2 Å². The summed E-state index contributed by atoms with van der Waals surface area (Å²) in [5.41, 5.74) is 1.95. The van der Waals surface area contributed by atoms with Gasteiger partial charge in [-0.2, -0.15) is 0 Å². The molecule has 0 saturated heterocycles. The first kappa shape index (κ1) is 18.6. The number of aromatic nitrogens is 1. The Morgan fingerprint density at radius 1 is 1.16 bits per heavy atom. The number of hydrogen-bond acceptors (Lipinski definition) is 5. The van der Waals surface area contributed by atoms with Gasteiger partial charge in [0.1, 0.15) is 0 Å². The molecule has 132 valence electrons. The molecule has 2 rings (SSSR count). The van der Waals surface area contributed by atoms with E-state index < -0.39 is 12.1 Å². The predicted molar refractivity (Wildman–Crippen MR) is 91.5 cm³/mol. The molecular formula is C18H20N2O5. The van der Waals surface area contributed by atoms with Crippen LogP contribution in [-0.4, -0.2) is 52.9 Å². The number of carboxylic acid groups (broad SMARTS) is 1. The Kier molecular flexibility index (Phi) is 6.62. The van der Waals surface area contributed by atoms with Gasteiger partial charge in [0.25, 0.3) is 5.91 Å². The molecule has 1 atom stereocenters. The molecule has 0 radical (unpaired) electrons. The minimum Gasteiger partial charge on any atom is -0.478 e. The number of nitrogens with one attached hydrogen (secondary N) is 1. The summed E-state index contributed by atoms with van der Waals surface area (Å²) < 4.78 is 5.08. The predicted octanol–water partition coefficient (Wildman–Crippen LogP) is 1.57. The quantitative estimate of drug-likeness (QED) is 0.671. The van der Waals surface area contributed by atoms with Crippen LogP contribution in [0.15, 0.2) is 42.6 Å². The van der Waals surface area contributed by atoms with Gasteiger partial charge in [0, 0.05) is 30.5 Å².